The molecule has 1 heterocycles. The molecule has 112 valence electrons. The molecule has 1 aromatic heterocycles. The second kappa shape index (κ2) is 7.08. The van der Waals surface area contributed by atoms with E-state index in [2.05, 4.69) is 11.1 Å². The first-order valence-electron chi connectivity index (χ1n) is 7.28. The van der Waals surface area contributed by atoms with Crippen molar-refractivity contribution in [2.45, 2.75) is 11.3 Å². The molecule has 0 fully saturated rings. The van der Waals surface area contributed by atoms with Crippen molar-refractivity contribution in [1.29, 1.82) is 5.26 Å². The van der Waals surface area contributed by atoms with Gasteiger partial charge >= 0.3 is 0 Å². The van der Waals surface area contributed by atoms with Crippen LogP contribution in [0.1, 0.15) is 12.0 Å². The Morgan fingerprint density at radius 3 is 2.70 bits per heavy atom. The molecule has 0 amide bonds. The Balaban J connectivity index is 2.15. The van der Waals surface area contributed by atoms with E-state index in [0.717, 1.165) is 38.8 Å². The van der Waals surface area contributed by atoms with Crippen molar-refractivity contribution in [2.75, 3.05) is 5.75 Å². The summed E-state index contributed by atoms with van der Waals surface area (Å²) >= 11 is 1.65. The predicted molar refractivity (Wildman–Crippen MR) is 93.3 cm³/mol. The van der Waals surface area contributed by atoms with E-state index in [-0.39, 0.29) is 0 Å². The van der Waals surface area contributed by atoms with E-state index in [0.29, 0.717) is 12.0 Å². The van der Waals surface area contributed by atoms with E-state index < -0.39 is 0 Å². The van der Waals surface area contributed by atoms with Gasteiger partial charge in [0.15, 0.2) is 0 Å². The van der Waals surface area contributed by atoms with Gasteiger partial charge in [0.2, 0.25) is 0 Å². The Hall–Kier alpha value is -2.64. The lowest BCUT2D eigenvalue weighted by Crippen LogP contribution is -1.90. The van der Waals surface area contributed by atoms with Crippen molar-refractivity contribution in [1.82, 2.24) is 4.98 Å². The number of aromatic nitrogens is 1. The van der Waals surface area contributed by atoms with Crippen LogP contribution in [-0.2, 0) is 4.79 Å². The number of fused-ring (bicyclic) bond motifs is 1. The highest BCUT2D eigenvalue weighted by Crippen LogP contribution is 2.36. The molecule has 2 aromatic carbocycles. The number of hydrogen-bond donors (Lipinski definition) is 0. The van der Waals surface area contributed by atoms with Crippen LogP contribution in [0.5, 0.6) is 0 Å². The first kappa shape index (κ1) is 15.3. The molecular formula is C19H14N2OS. The van der Waals surface area contributed by atoms with Gasteiger partial charge in [-0.05, 0) is 23.1 Å². The highest BCUT2D eigenvalue weighted by molar-refractivity contribution is 7.99. The Morgan fingerprint density at radius 1 is 1.09 bits per heavy atom. The largest absolute Gasteiger partial charge is 0.303 e. The second-order valence-electron chi connectivity index (χ2n) is 4.99. The summed E-state index contributed by atoms with van der Waals surface area (Å²) < 4.78 is 0. The molecule has 3 aromatic rings. The molecule has 4 heteroatoms. The van der Waals surface area contributed by atoms with Crippen LogP contribution < -0.4 is 0 Å². The summed E-state index contributed by atoms with van der Waals surface area (Å²) in [5, 5.41) is 11.3. The number of thioether (sulfide) groups is 1. The van der Waals surface area contributed by atoms with Crippen LogP contribution in [-0.4, -0.2) is 17.0 Å². The minimum atomic E-state index is 0.528. The van der Waals surface area contributed by atoms with E-state index in [1.165, 1.54) is 0 Å². The third-order valence-corrected chi connectivity index (χ3v) is 4.72. The van der Waals surface area contributed by atoms with Gasteiger partial charge in [-0.1, -0.05) is 30.3 Å². The van der Waals surface area contributed by atoms with Crippen LogP contribution in [0.4, 0.5) is 0 Å². The lowest BCUT2D eigenvalue weighted by atomic mass is 9.96. The smallest absolute Gasteiger partial charge is 0.120 e. The molecule has 3 rings (SSSR count). The van der Waals surface area contributed by atoms with E-state index in [1.54, 1.807) is 18.0 Å². The van der Waals surface area contributed by atoms with Gasteiger partial charge in [0.1, 0.15) is 6.29 Å². The van der Waals surface area contributed by atoms with Crippen molar-refractivity contribution in [2.24, 2.45) is 0 Å². The monoisotopic (exact) mass is 318 g/mol. The standard InChI is InChI=1S/C19H14N2OS/c20-12-14-6-7-17(16-5-2-1-4-15(14)16)18-13-21-9-8-19(18)23-11-3-10-22/h1-2,4-10,13H,3,11H2. The van der Waals surface area contributed by atoms with Crippen LogP contribution in [0, 0.1) is 11.3 Å². The van der Waals surface area contributed by atoms with Gasteiger partial charge in [-0.2, -0.15) is 5.26 Å². The third kappa shape index (κ3) is 3.10. The normalized spacial score (nSPS) is 10.4. The van der Waals surface area contributed by atoms with Crippen LogP contribution >= 0.6 is 11.8 Å². The zero-order valence-corrected chi connectivity index (χ0v) is 13.2. The average Bonchev–Trinajstić information content (AvgIpc) is 2.61. The molecule has 0 unspecified atom stereocenters. The number of hydrogen-bond acceptors (Lipinski definition) is 4. The number of nitriles is 1. The number of carbonyl (C=O) groups is 1. The van der Waals surface area contributed by atoms with Crippen molar-refractivity contribution in [3.05, 3.63) is 60.4 Å². The van der Waals surface area contributed by atoms with Gasteiger partial charge in [0.05, 0.1) is 11.6 Å². The van der Waals surface area contributed by atoms with Gasteiger partial charge in [0, 0.05) is 40.4 Å². The van der Waals surface area contributed by atoms with Gasteiger partial charge < -0.3 is 4.79 Å². The van der Waals surface area contributed by atoms with Crippen molar-refractivity contribution >= 4 is 28.8 Å². The molecule has 23 heavy (non-hydrogen) atoms. The van der Waals surface area contributed by atoms with Gasteiger partial charge in [0.25, 0.3) is 0 Å². The maximum Gasteiger partial charge on any atom is 0.120 e. The van der Waals surface area contributed by atoms with E-state index in [4.69, 9.17) is 0 Å². The Labute approximate surface area is 139 Å². The molecule has 0 saturated carbocycles. The predicted octanol–water partition coefficient (Wildman–Crippen LogP) is 4.45. The molecule has 0 bridgehead atoms. The fraction of sp³-hybridized carbons (Fsp3) is 0.105. The number of pyridine rings is 1. The van der Waals surface area contributed by atoms with Gasteiger partial charge in [-0.3, -0.25) is 4.98 Å². The minimum Gasteiger partial charge on any atom is -0.303 e. The summed E-state index contributed by atoms with van der Waals surface area (Å²) in [7, 11) is 0. The Morgan fingerprint density at radius 2 is 1.91 bits per heavy atom. The summed E-state index contributed by atoms with van der Waals surface area (Å²) in [5.41, 5.74) is 2.76. The molecule has 0 N–H and O–H groups in total. The van der Waals surface area contributed by atoms with Gasteiger partial charge in [-0.15, -0.1) is 11.8 Å². The fourth-order valence-corrected chi connectivity index (χ4v) is 3.47. The first-order chi connectivity index (χ1) is 11.3. The van der Waals surface area contributed by atoms with Crippen molar-refractivity contribution in [3.63, 3.8) is 0 Å². The molecule has 3 nitrogen and oxygen atoms in total. The number of aldehydes is 1. The van der Waals surface area contributed by atoms with Crippen molar-refractivity contribution < 1.29 is 4.79 Å². The number of benzene rings is 2. The number of carbonyl (C=O) groups excluding carboxylic acids is 1. The summed E-state index contributed by atoms with van der Waals surface area (Å²) in [6, 6.07) is 15.9. The molecule has 0 saturated heterocycles. The first-order valence-corrected chi connectivity index (χ1v) is 8.26. The highest BCUT2D eigenvalue weighted by atomic mass is 32.2. The SMILES string of the molecule is N#Cc1ccc(-c2cnccc2SCCC=O)c2ccccc12. The zero-order chi connectivity index (χ0) is 16.1. The van der Waals surface area contributed by atoms with E-state index in [9.17, 15) is 10.1 Å². The van der Waals surface area contributed by atoms with Gasteiger partial charge in [-0.25, -0.2) is 0 Å². The van der Waals surface area contributed by atoms with Crippen LogP contribution in [0.3, 0.4) is 0 Å². The lowest BCUT2D eigenvalue weighted by Gasteiger charge is -2.12. The highest BCUT2D eigenvalue weighted by Gasteiger charge is 2.11. The third-order valence-electron chi connectivity index (χ3n) is 3.61. The lowest BCUT2D eigenvalue weighted by molar-refractivity contribution is -0.107. The van der Waals surface area contributed by atoms with Crippen molar-refractivity contribution in [3.8, 4) is 17.2 Å². The quantitative estimate of drug-likeness (QED) is 0.396. The average molecular weight is 318 g/mol. The molecule has 0 aliphatic heterocycles. The fourth-order valence-electron chi connectivity index (χ4n) is 2.56. The minimum absolute atomic E-state index is 0.528. The van der Waals surface area contributed by atoms with Crippen LogP contribution in [0.15, 0.2) is 59.8 Å². The number of nitrogens with zero attached hydrogens (tertiary/aromatic N) is 2. The number of rotatable bonds is 5. The molecular weight excluding hydrogens is 304 g/mol. The topological polar surface area (TPSA) is 53.8 Å². The zero-order valence-electron chi connectivity index (χ0n) is 12.4. The molecule has 0 spiro atoms. The summed E-state index contributed by atoms with van der Waals surface area (Å²) in [6.45, 7) is 0. The molecule has 0 aliphatic rings. The molecule has 0 aliphatic carbocycles. The second-order valence-corrected chi connectivity index (χ2v) is 6.13. The Bertz CT molecular complexity index is 899. The maximum absolute atomic E-state index is 10.5. The maximum atomic E-state index is 10.5. The Kier molecular flexibility index (Phi) is 4.70. The molecule has 0 atom stereocenters. The van der Waals surface area contributed by atoms with E-state index >= 15 is 0 Å². The summed E-state index contributed by atoms with van der Waals surface area (Å²) in [4.78, 5) is 15.9. The summed E-state index contributed by atoms with van der Waals surface area (Å²) in [5.74, 6) is 0.745. The molecule has 0 radical (unpaired) electrons. The van der Waals surface area contributed by atoms with E-state index in [1.807, 2.05) is 48.7 Å². The van der Waals surface area contributed by atoms with Crippen LogP contribution in [0.2, 0.25) is 0 Å². The summed E-state index contributed by atoms with van der Waals surface area (Å²) in [6.07, 6.45) is 5.07. The van der Waals surface area contributed by atoms with Crippen LogP contribution in [0.25, 0.3) is 21.9 Å².